The summed E-state index contributed by atoms with van der Waals surface area (Å²) in [5.41, 5.74) is 2.40. The molecule has 2 amide bonds. The minimum absolute atomic E-state index is 0.111. The fourth-order valence-corrected chi connectivity index (χ4v) is 2.44. The SMILES string of the molecule is CSc1ncc(C(=O)Nc2cc(C(=O)NC3CC3)ccc2C)cn1. The van der Waals surface area contributed by atoms with Gasteiger partial charge in [0.25, 0.3) is 11.8 Å². The van der Waals surface area contributed by atoms with Gasteiger partial charge in [-0.15, -0.1) is 0 Å². The first-order chi connectivity index (χ1) is 11.6. The van der Waals surface area contributed by atoms with Crippen molar-refractivity contribution < 1.29 is 9.59 Å². The number of anilines is 1. The molecule has 0 bridgehead atoms. The van der Waals surface area contributed by atoms with Gasteiger partial charge in [0, 0.05) is 29.7 Å². The van der Waals surface area contributed by atoms with Gasteiger partial charge in [0.1, 0.15) is 0 Å². The van der Waals surface area contributed by atoms with E-state index >= 15 is 0 Å². The van der Waals surface area contributed by atoms with Gasteiger partial charge in [-0.3, -0.25) is 9.59 Å². The van der Waals surface area contributed by atoms with Crippen molar-refractivity contribution in [1.29, 1.82) is 0 Å². The van der Waals surface area contributed by atoms with Gasteiger partial charge in [-0.2, -0.15) is 0 Å². The van der Waals surface area contributed by atoms with Gasteiger partial charge in [0.2, 0.25) is 0 Å². The molecule has 1 aromatic carbocycles. The molecule has 0 saturated heterocycles. The van der Waals surface area contributed by atoms with E-state index in [1.165, 1.54) is 24.2 Å². The molecule has 0 aliphatic heterocycles. The first kappa shape index (κ1) is 16.4. The molecule has 124 valence electrons. The Balaban J connectivity index is 1.75. The molecule has 0 radical (unpaired) electrons. The maximum Gasteiger partial charge on any atom is 0.258 e. The zero-order valence-electron chi connectivity index (χ0n) is 13.5. The second kappa shape index (κ2) is 7.00. The van der Waals surface area contributed by atoms with Crippen molar-refractivity contribution in [3.8, 4) is 0 Å². The Morgan fingerprint density at radius 2 is 1.83 bits per heavy atom. The Bertz CT molecular complexity index is 773. The molecule has 1 heterocycles. The Labute approximate surface area is 144 Å². The fourth-order valence-electron chi connectivity index (χ4n) is 2.13. The number of rotatable bonds is 5. The largest absolute Gasteiger partial charge is 0.349 e. The number of amides is 2. The molecule has 0 spiro atoms. The number of thioether (sulfide) groups is 1. The number of carbonyl (C=O) groups is 2. The summed E-state index contributed by atoms with van der Waals surface area (Å²) in [7, 11) is 0. The quantitative estimate of drug-likeness (QED) is 0.645. The third-order valence-electron chi connectivity index (χ3n) is 3.73. The lowest BCUT2D eigenvalue weighted by Crippen LogP contribution is -2.25. The van der Waals surface area contributed by atoms with E-state index < -0.39 is 0 Å². The Morgan fingerprint density at radius 1 is 1.12 bits per heavy atom. The monoisotopic (exact) mass is 342 g/mol. The highest BCUT2D eigenvalue weighted by Crippen LogP contribution is 2.21. The van der Waals surface area contributed by atoms with Crippen LogP contribution in [0.25, 0.3) is 0 Å². The number of hydrogen-bond acceptors (Lipinski definition) is 5. The molecule has 3 rings (SSSR count). The van der Waals surface area contributed by atoms with Crippen LogP contribution in [0.2, 0.25) is 0 Å². The smallest absolute Gasteiger partial charge is 0.258 e. The van der Waals surface area contributed by atoms with Crippen molar-refractivity contribution in [3.63, 3.8) is 0 Å². The van der Waals surface area contributed by atoms with Gasteiger partial charge in [0.15, 0.2) is 5.16 Å². The molecule has 24 heavy (non-hydrogen) atoms. The van der Waals surface area contributed by atoms with Gasteiger partial charge in [-0.25, -0.2) is 9.97 Å². The minimum atomic E-state index is -0.300. The van der Waals surface area contributed by atoms with Gasteiger partial charge in [0.05, 0.1) is 5.56 Å². The molecule has 1 aliphatic carbocycles. The van der Waals surface area contributed by atoms with Gasteiger partial charge in [-0.05, 0) is 43.7 Å². The van der Waals surface area contributed by atoms with Crippen LogP contribution in [0, 0.1) is 6.92 Å². The molecule has 0 atom stereocenters. The van der Waals surface area contributed by atoms with Crippen LogP contribution in [0.3, 0.4) is 0 Å². The van der Waals surface area contributed by atoms with Crippen molar-refractivity contribution in [2.75, 3.05) is 11.6 Å². The number of nitrogens with zero attached hydrogens (tertiary/aromatic N) is 2. The summed E-state index contributed by atoms with van der Waals surface area (Å²) in [6.45, 7) is 1.88. The van der Waals surface area contributed by atoms with E-state index in [0.29, 0.717) is 28.0 Å². The van der Waals surface area contributed by atoms with E-state index in [-0.39, 0.29) is 11.8 Å². The van der Waals surface area contributed by atoms with Crippen LogP contribution in [0.15, 0.2) is 35.7 Å². The lowest BCUT2D eigenvalue weighted by molar-refractivity contribution is 0.0949. The summed E-state index contributed by atoms with van der Waals surface area (Å²) in [4.78, 5) is 32.7. The highest BCUT2D eigenvalue weighted by atomic mass is 32.2. The predicted molar refractivity (Wildman–Crippen MR) is 93.4 cm³/mol. The average molecular weight is 342 g/mol. The molecule has 2 N–H and O–H groups in total. The average Bonchev–Trinajstić information content (AvgIpc) is 3.40. The van der Waals surface area contributed by atoms with Crippen LogP contribution in [0.4, 0.5) is 5.69 Å². The molecular weight excluding hydrogens is 324 g/mol. The van der Waals surface area contributed by atoms with Crippen molar-refractivity contribution in [3.05, 3.63) is 47.3 Å². The number of benzene rings is 1. The second-order valence-electron chi connectivity index (χ2n) is 5.69. The van der Waals surface area contributed by atoms with Crippen molar-refractivity contribution in [1.82, 2.24) is 15.3 Å². The van der Waals surface area contributed by atoms with Crippen LogP contribution in [0.1, 0.15) is 39.1 Å². The summed E-state index contributed by atoms with van der Waals surface area (Å²) in [5.74, 6) is -0.411. The molecule has 0 unspecified atom stereocenters. The molecule has 1 aromatic heterocycles. The predicted octanol–water partition coefficient (Wildman–Crippen LogP) is 2.65. The summed E-state index contributed by atoms with van der Waals surface area (Å²) in [5, 5.41) is 6.38. The fraction of sp³-hybridized carbons (Fsp3) is 0.294. The van der Waals surface area contributed by atoms with E-state index in [9.17, 15) is 9.59 Å². The highest BCUT2D eigenvalue weighted by molar-refractivity contribution is 7.98. The lowest BCUT2D eigenvalue weighted by atomic mass is 10.1. The maximum atomic E-state index is 12.3. The van der Waals surface area contributed by atoms with Gasteiger partial charge < -0.3 is 10.6 Å². The molecule has 6 nitrogen and oxygen atoms in total. The first-order valence-electron chi connectivity index (χ1n) is 7.65. The van der Waals surface area contributed by atoms with Crippen LogP contribution in [-0.4, -0.2) is 34.1 Å². The van der Waals surface area contributed by atoms with E-state index in [2.05, 4.69) is 20.6 Å². The number of aromatic nitrogens is 2. The van der Waals surface area contributed by atoms with E-state index in [0.717, 1.165) is 18.4 Å². The minimum Gasteiger partial charge on any atom is -0.349 e. The van der Waals surface area contributed by atoms with E-state index in [1.54, 1.807) is 12.1 Å². The molecule has 1 fully saturated rings. The second-order valence-corrected chi connectivity index (χ2v) is 6.46. The summed E-state index contributed by atoms with van der Waals surface area (Å²) >= 11 is 1.41. The maximum absolute atomic E-state index is 12.3. The highest BCUT2D eigenvalue weighted by Gasteiger charge is 2.24. The van der Waals surface area contributed by atoms with Crippen LogP contribution >= 0.6 is 11.8 Å². The van der Waals surface area contributed by atoms with Crippen molar-refractivity contribution in [2.45, 2.75) is 31.0 Å². The number of aryl methyl sites for hydroxylation is 1. The molecular formula is C17H18N4O2S. The van der Waals surface area contributed by atoms with Gasteiger partial charge in [-0.1, -0.05) is 17.8 Å². The Kier molecular flexibility index (Phi) is 4.80. The van der Waals surface area contributed by atoms with Crippen LogP contribution in [-0.2, 0) is 0 Å². The topological polar surface area (TPSA) is 84.0 Å². The molecule has 1 aliphatic rings. The standard InChI is InChI=1S/C17H18N4O2S/c1-10-3-4-11(15(22)20-13-5-6-13)7-14(10)21-16(23)12-8-18-17(24-2)19-9-12/h3-4,7-9,13H,5-6H2,1-2H3,(H,20,22)(H,21,23). The Morgan fingerprint density at radius 3 is 2.46 bits per heavy atom. The summed E-state index contributed by atoms with van der Waals surface area (Å²) in [6, 6.07) is 5.58. The zero-order valence-corrected chi connectivity index (χ0v) is 14.3. The van der Waals surface area contributed by atoms with Crippen molar-refractivity contribution >= 4 is 29.3 Å². The number of carbonyl (C=O) groups excluding carboxylic acids is 2. The lowest BCUT2D eigenvalue weighted by Gasteiger charge is -2.11. The Hall–Kier alpha value is -2.41. The third kappa shape index (κ3) is 3.91. The molecule has 1 saturated carbocycles. The number of nitrogens with one attached hydrogen (secondary N) is 2. The number of hydrogen-bond donors (Lipinski definition) is 2. The van der Waals surface area contributed by atoms with Crippen LogP contribution in [0.5, 0.6) is 0 Å². The third-order valence-corrected chi connectivity index (χ3v) is 4.31. The van der Waals surface area contributed by atoms with E-state index in [4.69, 9.17) is 0 Å². The van der Waals surface area contributed by atoms with Gasteiger partial charge >= 0.3 is 0 Å². The summed E-state index contributed by atoms with van der Waals surface area (Å²) in [6.07, 6.45) is 6.93. The van der Waals surface area contributed by atoms with E-state index in [1.807, 2.05) is 19.2 Å². The van der Waals surface area contributed by atoms with Crippen molar-refractivity contribution in [2.24, 2.45) is 0 Å². The molecule has 2 aromatic rings. The zero-order chi connectivity index (χ0) is 17.1. The first-order valence-corrected chi connectivity index (χ1v) is 8.88. The van der Waals surface area contributed by atoms with Crippen LogP contribution < -0.4 is 10.6 Å². The normalized spacial score (nSPS) is 13.4. The summed E-state index contributed by atoms with van der Waals surface area (Å²) < 4.78 is 0. The molecule has 7 heteroatoms.